The lowest BCUT2D eigenvalue weighted by atomic mass is 10.0. The summed E-state index contributed by atoms with van der Waals surface area (Å²) in [5.41, 5.74) is 4.38. The van der Waals surface area contributed by atoms with Crippen molar-refractivity contribution in [2.24, 2.45) is 9.98 Å². The highest BCUT2D eigenvalue weighted by molar-refractivity contribution is 5.99. The predicted molar refractivity (Wildman–Crippen MR) is 150 cm³/mol. The highest BCUT2D eigenvalue weighted by atomic mass is 16.2. The minimum Gasteiger partial charge on any atom is -0.339 e. The van der Waals surface area contributed by atoms with E-state index in [-0.39, 0.29) is 17.9 Å². The molecule has 7 heteroatoms. The normalized spacial score (nSPS) is 25.2. The second kappa shape index (κ2) is 12.4. The molecule has 0 bridgehead atoms. The second-order valence-corrected chi connectivity index (χ2v) is 9.36. The zero-order valence-corrected chi connectivity index (χ0v) is 21.6. The Morgan fingerprint density at radius 1 is 1.19 bits per heavy atom. The first-order valence-electron chi connectivity index (χ1n) is 12.8. The summed E-state index contributed by atoms with van der Waals surface area (Å²) in [6.45, 7) is 7.25. The first-order chi connectivity index (χ1) is 18.0. The van der Waals surface area contributed by atoms with E-state index in [1.807, 2.05) is 65.6 Å². The predicted octanol–water partition coefficient (Wildman–Crippen LogP) is 3.85. The Kier molecular flexibility index (Phi) is 8.80. The molecule has 3 aliphatic rings. The minimum atomic E-state index is -0.755. The highest BCUT2D eigenvalue weighted by Gasteiger charge is 2.38. The fourth-order valence-corrected chi connectivity index (χ4v) is 4.71. The van der Waals surface area contributed by atoms with Crippen LogP contribution in [0.15, 0.2) is 100 Å². The lowest BCUT2D eigenvalue weighted by molar-refractivity contribution is -0.136. The SMILES string of the molecule is C=C1/C=C\C=C/C/N=C\C=C/1C1=CCC([C@@H]2CCCN2C(=O)[C@@H](NC(=O)[C@H](C)NC)c2ccccc2)=N1. The van der Waals surface area contributed by atoms with E-state index in [4.69, 9.17) is 4.99 Å². The van der Waals surface area contributed by atoms with Gasteiger partial charge in [0, 0.05) is 30.5 Å². The lowest BCUT2D eigenvalue weighted by Gasteiger charge is -2.30. The highest BCUT2D eigenvalue weighted by Crippen LogP contribution is 2.31. The quantitative estimate of drug-likeness (QED) is 0.600. The van der Waals surface area contributed by atoms with Crippen molar-refractivity contribution in [2.75, 3.05) is 20.1 Å². The largest absolute Gasteiger partial charge is 0.339 e. The number of carbonyl (C=O) groups excluding carboxylic acids is 2. The van der Waals surface area contributed by atoms with E-state index in [1.54, 1.807) is 20.2 Å². The summed E-state index contributed by atoms with van der Waals surface area (Å²) in [5.74, 6) is -0.320. The van der Waals surface area contributed by atoms with Crippen LogP contribution in [0.4, 0.5) is 0 Å². The van der Waals surface area contributed by atoms with Gasteiger partial charge >= 0.3 is 0 Å². The van der Waals surface area contributed by atoms with Gasteiger partial charge in [0.15, 0.2) is 0 Å². The molecule has 0 spiro atoms. The molecular formula is C30H35N5O2. The van der Waals surface area contributed by atoms with E-state index in [9.17, 15) is 9.59 Å². The molecular weight excluding hydrogens is 462 g/mol. The van der Waals surface area contributed by atoms with E-state index in [0.717, 1.165) is 41.0 Å². The van der Waals surface area contributed by atoms with Gasteiger partial charge < -0.3 is 15.5 Å². The Morgan fingerprint density at radius 2 is 2.00 bits per heavy atom. The summed E-state index contributed by atoms with van der Waals surface area (Å²) in [7, 11) is 1.73. The number of nitrogens with one attached hydrogen (secondary N) is 2. The first kappa shape index (κ1) is 26.2. The fourth-order valence-electron chi connectivity index (χ4n) is 4.71. The summed E-state index contributed by atoms with van der Waals surface area (Å²) in [4.78, 5) is 37.9. The monoisotopic (exact) mass is 497 g/mol. The van der Waals surface area contributed by atoms with Crippen LogP contribution in [0.25, 0.3) is 0 Å². The van der Waals surface area contributed by atoms with E-state index < -0.39 is 12.1 Å². The number of likely N-dealkylation sites (tertiary alicyclic amines) is 1. The average molecular weight is 498 g/mol. The Hall–Kier alpha value is -3.84. The van der Waals surface area contributed by atoms with Crippen LogP contribution in [-0.2, 0) is 9.59 Å². The van der Waals surface area contributed by atoms with Gasteiger partial charge in [-0.1, -0.05) is 67.3 Å². The maximum atomic E-state index is 13.9. The van der Waals surface area contributed by atoms with Crippen LogP contribution in [0, 0.1) is 0 Å². The summed E-state index contributed by atoms with van der Waals surface area (Å²) in [6.07, 6.45) is 16.1. The first-order valence-corrected chi connectivity index (χ1v) is 12.8. The number of benzene rings is 1. The van der Waals surface area contributed by atoms with Gasteiger partial charge in [0.05, 0.1) is 24.3 Å². The van der Waals surface area contributed by atoms with Gasteiger partial charge in [0.2, 0.25) is 11.8 Å². The third kappa shape index (κ3) is 6.30. The van der Waals surface area contributed by atoms with E-state index in [1.165, 1.54) is 0 Å². The molecule has 37 heavy (non-hydrogen) atoms. The van der Waals surface area contributed by atoms with Crippen LogP contribution in [0.3, 0.4) is 0 Å². The Morgan fingerprint density at radius 3 is 2.78 bits per heavy atom. The maximum absolute atomic E-state index is 13.9. The topological polar surface area (TPSA) is 86.2 Å². The molecule has 4 rings (SSSR count). The van der Waals surface area contributed by atoms with Crippen LogP contribution in [0.2, 0.25) is 0 Å². The molecule has 0 radical (unpaired) electrons. The molecule has 1 fully saturated rings. The molecule has 1 aromatic carbocycles. The number of hydrogen-bond acceptors (Lipinski definition) is 5. The van der Waals surface area contributed by atoms with Crippen LogP contribution < -0.4 is 10.6 Å². The van der Waals surface area contributed by atoms with Crippen molar-refractivity contribution < 1.29 is 9.59 Å². The molecule has 0 aromatic heterocycles. The molecule has 1 aromatic rings. The fraction of sp³-hybridized carbons (Fsp3) is 0.333. The van der Waals surface area contributed by atoms with Crippen LogP contribution in [0.1, 0.15) is 37.8 Å². The van der Waals surface area contributed by atoms with Crippen molar-refractivity contribution in [3.63, 3.8) is 0 Å². The Labute approximate surface area is 219 Å². The van der Waals surface area contributed by atoms with Crippen molar-refractivity contribution >= 4 is 23.7 Å². The summed E-state index contributed by atoms with van der Waals surface area (Å²) >= 11 is 0. The van der Waals surface area contributed by atoms with Gasteiger partial charge in [-0.15, -0.1) is 0 Å². The standard InChI is InChI=1S/C30H35N5O2/c1-21-11-6-5-9-18-32-19-17-24(21)25-15-16-26(33-25)27-14-10-20-35(27)30(37)28(23-12-7-4-8-13-23)34-29(36)22(2)31-3/h4-9,11-13,15,17,19,22,27-28,31H,1,10,14,16,18,20H2,2-3H3,(H,34,36)/b9-5-,11-6-,24-17+,32-19-/t22-,27-,28-/m0/s1. The van der Waals surface area contributed by atoms with Crippen molar-refractivity contribution in [1.82, 2.24) is 15.5 Å². The van der Waals surface area contributed by atoms with Crippen LogP contribution in [-0.4, -0.2) is 60.9 Å². The number of rotatable bonds is 7. The summed E-state index contributed by atoms with van der Waals surface area (Å²) < 4.78 is 0. The minimum absolute atomic E-state index is 0.105. The number of carbonyl (C=O) groups is 2. The van der Waals surface area contributed by atoms with Crippen molar-refractivity contribution in [3.8, 4) is 0 Å². The summed E-state index contributed by atoms with van der Waals surface area (Å²) in [6, 6.07) is 8.16. The number of hydrogen-bond donors (Lipinski definition) is 2. The molecule has 7 nitrogen and oxygen atoms in total. The number of aliphatic imine (C=N–C) groups is 2. The third-order valence-corrected chi connectivity index (χ3v) is 6.91. The average Bonchev–Trinajstić information content (AvgIpc) is 3.60. The van der Waals surface area contributed by atoms with Gasteiger partial charge in [0.25, 0.3) is 0 Å². The Bertz CT molecular complexity index is 1210. The maximum Gasteiger partial charge on any atom is 0.250 e. The van der Waals surface area contributed by atoms with Gasteiger partial charge in [-0.2, -0.15) is 0 Å². The van der Waals surface area contributed by atoms with Gasteiger partial charge in [0.1, 0.15) is 6.04 Å². The van der Waals surface area contributed by atoms with Crippen molar-refractivity contribution in [3.05, 3.63) is 95.8 Å². The Balaban J connectivity index is 1.56. The molecule has 2 amide bonds. The van der Waals surface area contributed by atoms with Crippen molar-refractivity contribution in [2.45, 2.75) is 44.3 Å². The second-order valence-electron chi connectivity index (χ2n) is 9.36. The van der Waals surface area contributed by atoms with Crippen LogP contribution >= 0.6 is 0 Å². The molecule has 1 saturated heterocycles. The van der Waals surface area contributed by atoms with E-state index in [0.29, 0.717) is 19.5 Å². The third-order valence-electron chi connectivity index (χ3n) is 6.91. The molecule has 0 saturated carbocycles. The summed E-state index contributed by atoms with van der Waals surface area (Å²) in [5, 5.41) is 5.91. The smallest absolute Gasteiger partial charge is 0.250 e. The van der Waals surface area contributed by atoms with Gasteiger partial charge in [-0.3, -0.25) is 19.6 Å². The molecule has 3 heterocycles. The molecule has 0 aliphatic carbocycles. The molecule has 2 N–H and O–H groups in total. The molecule has 3 aliphatic heterocycles. The zero-order chi connectivity index (χ0) is 26.2. The number of nitrogens with zero attached hydrogens (tertiary/aromatic N) is 3. The van der Waals surface area contributed by atoms with E-state index >= 15 is 0 Å². The molecule has 192 valence electrons. The number of allylic oxidation sites excluding steroid dienone is 6. The number of amides is 2. The van der Waals surface area contributed by atoms with E-state index in [2.05, 4.69) is 28.3 Å². The lowest BCUT2D eigenvalue weighted by Crippen LogP contribution is -2.50. The molecule has 3 atom stereocenters. The number of likely N-dealkylation sites (N-methyl/N-ethyl adjacent to an activating group) is 1. The zero-order valence-electron chi connectivity index (χ0n) is 21.6. The molecule has 0 unspecified atom stereocenters. The van der Waals surface area contributed by atoms with Gasteiger partial charge in [-0.05, 0) is 44.0 Å². The van der Waals surface area contributed by atoms with Crippen molar-refractivity contribution in [1.29, 1.82) is 0 Å². The van der Waals surface area contributed by atoms with Gasteiger partial charge in [-0.25, -0.2) is 0 Å². The van der Waals surface area contributed by atoms with Crippen LogP contribution in [0.5, 0.6) is 0 Å².